The van der Waals surface area contributed by atoms with E-state index >= 15 is 0 Å². The lowest BCUT2D eigenvalue weighted by molar-refractivity contribution is 0.369. The first-order valence-electron chi connectivity index (χ1n) is 5.87. The van der Waals surface area contributed by atoms with Crippen molar-refractivity contribution >= 4 is 10.2 Å². The molecule has 0 atom stereocenters. The molecule has 18 heavy (non-hydrogen) atoms. The zero-order valence-corrected chi connectivity index (χ0v) is 11.7. The second kappa shape index (κ2) is 6.26. The van der Waals surface area contributed by atoms with E-state index in [-0.39, 0.29) is 12.4 Å². The molecule has 0 aromatic heterocycles. The summed E-state index contributed by atoms with van der Waals surface area (Å²) in [5.74, 6) is -0.357. The zero-order chi connectivity index (χ0) is 13.8. The van der Waals surface area contributed by atoms with Crippen LogP contribution in [0.1, 0.15) is 19.4 Å². The summed E-state index contributed by atoms with van der Waals surface area (Å²) in [4.78, 5) is 0. The third-order valence-corrected chi connectivity index (χ3v) is 4.85. The van der Waals surface area contributed by atoms with Crippen molar-refractivity contribution in [1.29, 1.82) is 0 Å². The van der Waals surface area contributed by atoms with Gasteiger partial charge >= 0.3 is 0 Å². The minimum absolute atomic E-state index is 0.181. The standard InChI is InChI=1S/C12H19FN2O2S/c1-4-14(3)18(16,17)15(5-2)10-11-7-6-8-12(13)9-11/h6-9H,4-5,10H2,1-3H3. The van der Waals surface area contributed by atoms with Gasteiger partial charge in [-0.2, -0.15) is 17.0 Å². The van der Waals surface area contributed by atoms with Crippen molar-refractivity contribution in [2.24, 2.45) is 0 Å². The monoisotopic (exact) mass is 274 g/mol. The highest BCUT2D eigenvalue weighted by molar-refractivity contribution is 7.86. The largest absolute Gasteiger partial charge is 0.282 e. The molecule has 0 aliphatic heterocycles. The SMILES string of the molecule is CCN(C)S(=O)(=O)N(CC)Cc1cccc(F)c1. The number of hydrogen-bond acceptors (Lipinski definition) is 2. The van der Waals surface area contributed by atoms with Crippen molar-refractivity contribution in [3.8, 4) is 0 Å². The van der Waals surface area contributed by atoms with Gasteiger partial charge in [0, 0.05) is 26.7 Å². The van der Waals surface area contributed by atoms with Gasteiger partial charge in [-0.15, -0.1) is 0 Å². The van der Waals surface area contributed by atoms with E-state index in [0.29, 0.717) is 18.7 Å². The van der Waals surface area contributed by atoms with Crippen LogP contribution in [0.5, 0.6) is 0 Å². The summed E-state index contributed by atoms with van der Waals surface area (Å²) in [6, 6.07) is 5.98. The molecule has 0 aliphatic carbocycles. The topological polar surface area (TPSA) is 40.6 Å². The molecular formula is C12H19FN2O2S. The Bertz CT molecular complexity index is 491. The maximum atomic E-state index is 13.1. The van der Waals surface area contributed by atoms with Gasteiger partial charge in [-0.3, -0.25) is 0 Å². The molecule has 1 rings (SSSR count). The second-order valence-electron chi connectivity index (χ2n) is 3.98. The van der Waals surface area contributed by atoms with E-state index in [9.17, 15) is 12.8 Å². The number of hydrogen-bond donors (Lipinski definition) is 0. The van der Waals surface area contributed by atoms with Gasteiger partial charge in [0.1, 0.15) is 5.82 Å². The fourth-order valence-electron chi connectivity index (χ4n) is 1.56. The minimum Gasteiger partial charge on any atom is -0.207 e. The van der Waals surface area contributed by atoms with Gasteiger partial charge in [-0.1, -0.05) is 26.0 Å². The third-order valence-electron chi connectivity index (χ3n) is 2.77. The van der Waals surface area contributed by atoms with Crippen molar-refractivity contribution < 1.29 is 12.8 Å². The molecule has 0 amide bonds. The van der Waals surface area contributed by atoms with Gasteiger partial charge in [0.05, 0.1) is 0 Å². The fraction of sp³-hybridized carbons (Fsp3) is 0.500. The summed E-state index contributed by atoms with van der Waals surface area (Å²) >= 11 is 0. The average Bonchev–Trinajstić information content (AvgIpc) is 2.34. The molecular weight excluding hydrogens is 255 g/mol. The number of rotatable bonds is 6. The van der Waals surface area contributed by atoms with E-state index in [1.165, 1.54) is 27.8 Å². The van der Waals surface area contributed by atoms with Crippen molar-refractivity contribution in [3.05, 3.63) is 35.6 Å². The van der Waals surface area contributed by atoms with E-state index in [2.05, 4.69) is 0 Å². The van der Waals surface area contributed by atoms with Crippen LogP contribution in [0.3, 0.4) is 0 Å². The van der Waals surface area contributed by atoms with Crippen LogP contribution in [-0.2, 0) is 16.8 Å². The lowest BCUT2D eigenvalue weighted by Crippen LogP contribution is -2.41. The maximum absolute atomic E-state index is 13.1. The van der Waals surface area contributed by atoms with Crippen LogP contribution >= 0.6 is 0 Å². The molecule has 4 nitrogen and oxygen atoms in total. The fourth-order valence-corrected chi connectivity index (χ4v) is 2.91. The first kappa shape index (κ1) is 15.1. The average molecular weight is 274 g/mol. The quantitative estimate of drug-likeness (QED) is 0.794. The third kappa shape index (κ3) is 3.51. The van der Waals surface area contributed by atoms with Gasteiger partial charge < -0.3 is 0 Å². The van der Waals surface area contributed by atoms with Crippen LogP contribution < -0.4 is 0 Å². The lowest BCUT2D eigenvalue weighted by Gasteiger charge is -2.25. The highest BCUT2D eigenvalue weighted by atomic mass is 32.2. The van der Waals surface area contributed by atoms with E-state index in [1.807, 2.05) is 0 Å². The van der Waals surface area contributed by atoms with E-state index in [1.54, 1.807) is 26.0 Å². The molecule has 1 aromatic rings. The molecule has 0 radical (unpaired) electrons. The van der Waals surface area contributed by atoms with Gasteiger partial charge in [-0.25, -0.2) is 4.39 Å². The van der Waals surface area contributed by atoms with E-state index in [4.69, 9.17) is 0 Å². The van der Waals surface area contributed by atoms with Crippen LogP contribution in [0.25, 0.3) is 0 Å². The van der Waals surface area contributed by atoms with Crippen molar-refractivity contribution in [3.63, 3.8) is 0 Å². The molecule has 102 valence electrons. The summed E-state index contributed by atoms with van der Waals surface area (Å²) in [6.45, 7) is 4.47. The Kier molecular flexibility index (Phi) is 5.25. The smallest absolute Gasteiger partial charge is 0.207 e. The Morgan fingerprint density at radius 3 is 2.39 bits per heavy atom. The summed E-state index contributed by atoms with van der Waals surface area (Å²) in [6.07, 6.45) is 0. The van der Waals surface area contributed by atoms with E-state index in [0.717, 1.165) is 0 Å². The van der Waals surface area contributed by atoms with Crippen molar-refractivity contribution in [2.45, 2.75) is 20.4 Å². The van der Waals surface area contributed by atoms with Crippen LogP contribution in [0.4, 0.5) is 4.39 Å². The van der Waals surface area contributed by atoms with Gasteiger partial charge in [0.15, 0.2) is 0 Å². The van der Waals surface area contributed by atoms with Crippen molar-refractivity contribution in [1.82, 2.24) is 8.61 Å². The molecule has 0 fully saturated rings. The predicted octanol–water partition coefficient (Wildman–Crippen LogP) is 1.84. The Morgan fingerprint density at radius 1 is 1.22 bits per heavy atom. The molecule has 1 aromatic carbocycles. The summed E-state index contributed by atoms with van der Waals surface area (Å²) in [5, 5.41) is 0. The van der Waals surface area contributed by atoms with Crippen LogP contribution in [0.2, 0.25) is 0 Å². The normalized spacial score (nSPS) is 12.3. The molecule has 0 saturated carbocycles. The molecule has 0 bridgehead atoms. The minimum atomic E-state index is -3.47. The van der Waals surface area contributed by atoms with Crippen molar-refractivity contribution in [2.75, 3.05) is 20.1 Å². The second-order valence-corrected chi connectivity index (χ2v) is 6.01. The van der Waals surface area contributed by atoms with Gasteiger partial charge in [-0.05, 0) is 17.7 Å². The zero-order valence-electron chi connectivity index (χ0n) is 10.9. The van der Waals surface area contributed by atoms with Crippen LogP contribution in [0.15, 0.2) is 24.3 Å². The summed E-state index contributed by atoms with van der Waals surface area (Å²) in [5.41, 5.74) is 0.643. The molecule has 0 spiro atoms. The molecule has 0 unspecified atom stereocenters. The summed E-state index contributed by atoms with van der Waals surface area (Å²) in [7, 11) is -1.94. The number of halogens is 1. The lowest BCUT2D eigenvalue weighted by atomic mass is 10.2. The molecule has 0 aliphatic rings. The predicted molar refractivity (Wildman–Crippen MR) is 69.7 cm³/mol. The van der Waals surface area contributed by atoms with Gasteiger partial charge in [0.25, 0.3) is 10.2 Å². The molecule has 6 heteroatoms. The van der Waals surface area contributed by atoms with Gasteiger partial charge in [0.2, 0.25) is 0 Å². The highest BCUT2D eigenvalue weighted by Crippen LogP contribution is 2.12. The molecule has 0 heterocycles. The number of benzene rings is 1. The van der Waals surface area contributed by atoms with E-state index < -0.39 is 10.2 Å². The van der Waals surface area contributed by atoms with Crippen LogP contribution in [0, 0.1) is 5.82 Å². The molecule has 0 N–H and O–H groups in total. The Balaban J connectivity index is 2.92. The summed E-state index contributed by atoms with van der Waals surface area (Å²) < 4.78 is 39.9. The first-order valence-corrected chi connectivity index (χ1v) is 7.27. The highest BCUT2D eigenvalue weighted by Gasteiger charge is 2.24. The Hall–Kier alpha value is -0.980. The Labute approximate surface area is 108 Å². The van der Waals surface area contributed by atoms with Crippen LogP contribution in [-0.4, -0.2) is 37.2 Å². The first-order chi connectivity index (χ1) is 8.41. The molecule has 0 saturated heterocycles. The maximum Gasteiger partial charge on any atom is 0.282 e. The number of nitrogens with zero attached hydrogens (tertiary/aromatic N) is 2. The Morgan fingerprint density at radius 2 is 1.89 bits per heavy atom.